The smallest absolute Gasteiger partial charge is 0.231 e. The number of hydrogen-bond acceptors (Lipinski definition) is 4. The van der Waals surface area contributed by atoms with E-state index in [-0.39, 0.29) is 18.9 Å². The fourth-order valence-corrected chi connectivity index (χ4v) is 4.30. The molecular weight excluding hydrogens is 372 g/mol. The van der Waals surface area contributed by atoms with Crippen molar-refractivity contribution in [2.45, 2.75) is 25.6 Å². The second kappa shape index (κ2) is 6.83. The summed E-state index contributed by atoms with van der Waals surface area (Å²) in [5.41, 5.74) is 3.11. The molecule has 0 aliphatic carbocycles. The number of pyridine rings is 1. The quantitative estimate of drug-likeness (QED) is 0.682. The lowest BCUT2D eigenvalue weighted by Crippen LogP contribution is -2.30. The maximum absolute atomic E-state index is 5.76. The van der Waals surface area contributed by atoms with E-state index in [4.69, 9.17) is 21.7 Å². The lowest BCUT2D eigenvalue weighted by Gasteiger charge is -2.28. The number of ether oxygens (including phenoxy) is 2. The number of thiocarbonyl (C=S) groups is 1. The molecule has 2 aliphatic heterocycles. The molecule has 0 spiro atoms. The van der Waals surface area contributed by atoms with E-state index in [1.165, 1.54) is 5.69 Å². The van der Waals surface area contributed by atoms with Gasteiger partial charge in [-0.15, -0.1) is 0 Å². The van der Waals surface area contributed by atoms with E-state index < -0.39 is 0 Å². The standard InChI is InChI=1S/C21H20N4O2S/c1-2-24-11-5-7-16(24)20-19(15-6-3-4-10-22-15)23-21(28)25(20)14-8-9-17-18(12-14)27-13-26-17/h3-12,19-20H,2,13H2,1H3,(H,23,28)/t19-,20+/m1/s1. The first-order valence-corrected chi connectivity index (χ1v) is 9.72. The Kier molecular flexibility index (Phi) is 4.16. The Morgan fingerprint density at radius 2 is 2.04 bits per heavy atom. The molecule has 4 heterocycles. The SMILES string of the molecule is CCn1cccc1[C@H]1[C@@H](c2ccccn2)NC(=S)N1c1ccc2c(c1)OCO2. The van der Waals surface area contributed by atoms with Gasteiger partial charge in [-0.3, -0.25) is 4.98 Å². The van der Waals surface area contributed by atoms with Gasteiger partial charge in [-0.25, -0.2) is 0 Å². The zero-order valence-corrected chi connectivity index (χ0v) is 16.2. The van der Waals surface area contributed by atoms with Crippen LogP contribution in [0.1, 0.15) is 30.4 Å². The van der Waals surface area contributed by atoms with E-state index in [9.17, 15) is 0 Å². The first-order valence-electron chi connectivity index (χ1n) is 9.31. The van der Waals surface area contributed by atoms with Crippen LogP contribution in [0.3, 0.4) is 0 Å². The van der Waals surface area contributed by atoms with Gasteiger partial charge < -0.3 is 24.3 Å². The second-order valence-electron chi connectivity index (χ2n) is 6.75. The zero-order chi connectivity index (χ0) is 19.1. The average molecular weight is 392 g/mol. The van der Waals surface area contributed by atoms with Crippen LogP contribution in [0, 0.1) is 0 Å². The molecule has 1 aromatic carbocycles. The van der Waals surface area contributed by atoms with E-state index in [1.807, 2.05) is 42.6 Å². The molecule has 0 unspecified atom stereocenters. The molecule has 2 aromatic heterocycles. The monoisotopic (exact) mass is 392 g/mol. The van der Waals surface area contributed by atoms with Gasteiger partial charge >= 0.3 is 0 Å². The van der Waals surface area contributed by atoms with Gasteiger partial charge in [0.1, 0.15) is 6.04 Å². The van der Waals surface area contributed by atoms with Crippen molar-refractivity contribution >= 4 is 23.0 Å². The highest BCUT2D eigenvalue weighted by atomic mass is 32.1. The third-order valence-electron chi connectivity index (χ3n) is 5.24. The summed E-state index contributed by atoms with van der Waals surface area (Å²) >= 11 is 5.76. The highest BCUT2D eigenvalue weighted by Gasteiger charge is 2.42. The van der Waals surface area contributed by atoms with Crippen LogP contribution in [-0.4, -0.2) is 21.5 Å². The second-order valence-corrected chi connectivity index (χ2v) is 7.14. The van der Waals surface area contributed by atoms with Gasteiger partial charge in [-0.05, 0) is 55.5 Å². The number of nitrogens with zero attached hydrogens (tertiary/aromatic N) is 3. The zero-order valence-electron chi connectivity index (χ0n) is 15.4. The van der Waals surface area contributed by atoms with E-state index >= 15 is 0 Å². The number of rotatable bonds is 4. The van der Waals surface area contributed by atoms with Crippen LogP contribution in [-0.2, 0) is 6.54 Å². The summed E-state index contributed by atoms with van der Waals surface area (Å²) in [6, 6.07) is 16.1. The Hall–Kier alpha value is -3.06. The van der Waals surface area contributed by atoms with Crippen molar-refractivity contribution in [1.29, 1.82) is 0 Å². The van der Waals surface area contributed by atoms with Crippen LogP contribution in [0.5, 0.6) is 11.5 Å². The number of aromatic nitrogens is 2. The minimum atomic E-state index is -0.0562. The molecule has 2 aliphatic rings. The van der Waals surface area contributed by atoms with Gasteiger partial charge in [-0.2, -0.15) is 0 Å². The number of nitrogens with one attached hydrogen (secondary N) is 1. The molecule has 28 heavy (non-hydrogen) atoms. The maximum Gasteiger partial charge on any atom is 0.231 e. The van der Waals surface area contributed by atoms with E-state index in [2.05, 4.69) is 45.0 Å². The molecule has 6 nitrogen and oxygen atoms in total. The van der Waals surface area contributed by atoms with E-state index in [1.54, 1.807) is 0 Å². The fraction of sp³-hybridized carbons (Fsp3) is 0.238. The molecule has 5 rings (SSSR count). The van der Waals surface area contributed by atoms with Crippen molar-refractivity contribution in [2.75, 3.05) is 11.7 Å². The van der Waals surface area contributed by atoms with E-state index in [0.717, 1.165) is 29.4 Å². The van der Waals surface area contributed by atoms with E-state index in [0.29, 0.717) is 5.11 Å². The van der Waals surface area contributed by atoms with Crippen molar-refractivity contribution < 1.29 is 9.47 Å². The molecule has 3 aromatic rings. The van der Waals surface area contributed by atoms with Crippen LogP contribution < -0.4 is 19.7 Å². The Balaban J connectivity index is 1.63. The molecule has 2 atom stereocenters. The van der Waals surface area contributed by atoms with Gasteiger partial charge in [-0.1, -0.05) is 6.07 Å². The highest BCUT2D eigenvalue weighted by molar-refractivity contribution is 7.80. The van der Waals surface area contributed by atoms with Crippen LogP contribution in [0.4, 0.5) is 5.69 Å². The van der Waals surface area contributed by atoms with Crippen molar-refractivity contribution in [1.82, 2.24) is 14.9 Å². The fourth-order valence-electron chi connectivity index (χ4n) is 3.95. The first kappa shape index (κ1) is 17.1. The summed E-state index contributed by atoms with van der Waals surface area (Å²) in [4.78, 5) is 6.74. The minimum absolute atomic E-state index is 0.0299. The van der Waals surface area contributed by atoms with Gasteiger partial charge in [0, 0.05) is 36.4 Å². The van der Waals surface area contributed by atoms with Gasteiger partial charge in [0.2, 0.25) is 6.79 Å². The number of anilines is 1. The molecule has 0 amide bonds. The van der Waals surface area contributed by atoms with Crippen molar-refractivity contribution in [3.63, 3.8) is 0 Å². The summed E-state index contributed by atoms with van der Waals surface area (Å²) in [6.07, 6.45) is 3.92. The molecule has 1 saturated heterocycles. The molecule has 7 heteroatoms. The van der Waals surface area contributed by atoms with Gasteiger partial charge in [0.05, 0.1) is 11.7 Å². The number of aryl methyl sites for hydroxylation is 1. The lowest BCUT2D eigenvalue weighted by molar-refractivity contribution is 0.174. The molecule has 142 valence electrons. The predicted octanol–water partition coefficient (Wildman–Crippen LogP) is 3.81. The maximum atomic E-state index is 5.76. The predicted molar refractivity (Wildman–Crippen MR) is 111 cm³/mol. The van der Waals surface area contributed by atoms with Crippen LogP contribution in [0.25, 0.3) is 0 Å². The highest BCUT2D eigenvalue weighted by Crippen LogP contribution is 2.44. The Labute approximate surface area is 168 Å². The first-order chi connectivity index (χ1) is 13.8. The number of benzene rings is 1. The minimum Gasteiger partial charge on any atom is -0.454 e. The molecule has 1 fully saturated rings. The largest absolute Gasteiger partial charge is 0.454 e. The molecular formula is C21H20N4O2S. The normalized spacial score (nSPS) is 20.5. The van der Waals surface area contributed by atoms with Crippen molar-refractivity contribution in [3.8, 4) is 11.5 Å². The summed E-state index contributed by atoms with van der Waals surface area (Å²) in [7, 11) is 0. The Morgan fingerprint density at radius 1 is 1.14 bits per heavy atom. The third-order valence-corrected chi connectivity index (χ3v) is 5.56. The number of hydrogen-bond donors (Lipinski definition) is 1. The Bertz CT molecular complexity index is 1020. The number of fused-ring (bicyclic) bond motifs is 1. The van der Waals surface area contributed by atoms with Gasteiger partial charge in [0.15, 0.2) is 16.6 Å². The van der Waals surface area contributed by atoms with Crippen molar-refractivity contribution in [2.24, 2.45) is 0 Å². The summed E-state index contributed by atoms with van der Waals surface area (Å²) in [6.45, 7) is 3.28. The van der Waals surface area contributed by atoms with Crippen LogP contribution in [0.15, 0.2) is 60.9 Å². The summed E-state index contributed by atoms with van der Waals surface area (Å²) in [5.74, 6) is 1.50. The Morgan fingerprint density at radius 3 is 2.86 bits per heavy atom. The topological polar surface area (TPSA) is 51.6 Å². The summed E-state index contributed by atoms with van der Waals surface area (Å²) < 4.78 is 13.3. The molecule has 0 bridgehead atoms. The summed E-state index contributed by atoms with van der Waals surface area (Å²) in [5, 5.41) is 4.16. The van der Waals surface area contributed by atoms with Crippen LogP contribution >= 0.6 is 12.2 Å². The third kappa shape index (κ3) is 2.70. The molecule has 1 N–H and O–H groups in total. The van der Waals surface area contributed by atoms with Gasteiger partial charge in [0.25, 0.3) is 0 Å². The molecule has 0 radical (unpaired) electrons. The lowest BCUT2D eigenvalue weighted by atomic mass is 10.0. The van der Waals surface area contributed by atoms with Crippen LogP contribution in [0.2, 0.25) is 0 Å². The molecule has 0 saturated carbocycles. The average Bonchev–Trinajstić information content (AvgIpc) is 3.45. The van der Waals surface area contributed by atoms with Crippen molar-refractivity contribution in [3.05, 3.63) is 72.3 Å².